The summed E-state index contributed by atoms with van der Waals surface area (Å²) in [4.78, 5) is 2.36. The number of rotatable bonds is 7. The van der Waals surface area contributed by atoms with Crippen molar-refractivity contribution >= 4 is 0 Å². The number of hydrogen-bond acceptors (Lipinski definition) is 6. The SMILES string of the molecule is CC(CN1CCOCC1)OCCC(O)C1CNCCO1. The van der Waals surface area contributed by atoms with Crippen molar-refractivity contribution in [2.45, 2.75) is 31.7 Å². The summed E-state index contributed by atoms with van der Waals surface area (Å²) in [5, 5.41) is 13.3. The Morgan fingerprint density at radius 2 is 2.15 bits per heavy atom. The van der Waals surface area contributed by atoms with Crippen LogP contribution >= 0.6 is 0 Å². The van der Waals surface area contributed by atoms with Crippen molar-refractivity contribution in [2.75, 3.05) is 59.2 Å². The summed E-state index contributed by atoms with van der Waals surface area (Å²) >= 11 is 0. The van der Waals surface area contributed by atoms with Gasteiger partial charge in [0.25, 0.3) is 0 Å². The molecule has 2 saturated heterocycles. The fraction of sp³-hybridized carbons (Fsp3) is 1.00. The van der Waals surface area contributed by atoms with Crippen LogP contribution in [0.2, 0.25) is 0 Å². The van der Waals surface area contributed by atoms with Gasteiger partial charge in [0.05, 0.1) is 38.1 Å². The van der Waals surface area contributed by atoms with Gasteiger partial charge in [-0.25, -0.2) is 0 Å². The molecule has 3 atom stereocenters. The minimum absolute atomic E-state index is 0.0955. The van der Waals surface area contributed by atoms with Crippen LogP contribution in [0.25, 0.3) is 0 Å². The third-order valence-corrected chi connectivity index (χ3v) is 3.82. The topological polar surface area (TPSA) is 63.2 Å². The van der Waals surface area contributed by atoms with E-state index < -0.39 is 6.10 Å². The van der Waals surface area contributed by atoms with Crippen LogP contribution in [0.1, 0.15) is 13.3 Å². The maximum absolute atomic E-state index is 10.0. The van der Waals surface area contributed by atoms with Crippen molar-refractivity contribution in [3.8, 4) is 0 Å². The Bertz CT molecular complexity index is 256. The Labute approximate surface area is 121 Å². The monoisotopic (exact) mass is 288 g/mol. The third kappa shape index (κ3) is 5.63. The maximum Gasteiger partial charge on any atom is 0.0959 e. The smallest absolute Gasteiger partial charge is 0.0959 e. The van der Waals surface area contributed by atoms with Gasteiger partial charge < -0.3 is 24.6 Å². The highest BCUT2D eigenvalue weighted by molar-refractivity contribution is 4.75. The number of nitrogens with one attached hydrogen (secondary N) is 1. The molecular weight excluding hydrogens is 260 g/mol. The van der Waals surface area contributed by atoms with Crippen LogP contribution in [0.5, 0.6) is 0 Å². The molecule has 0 aromatic carbocycles. The van der Waals surface area contributed by atoms with Gasteiger partial charge in [0.1, 0.15) is 0 Å². The predicted molar refractivity (Wildman–Crippen MR) is 75.9 cm³/mol. The number of aliphatic hydroxyl groups excluding tert-OH is 1. The first-order valence-corrected chi connectivity index (χ1v) is 7.68. The zero-order valence-electron chi connectivity index (χ0n) is 12.4. The summed E-state index contributed by atoms with van der Waals surface area (Å²) in [6.45, 7) is 9.47. The molecule has 2 heterocycles. The van der Waals surface area contributed by atoms with Crippen molar-refractivity contribution in [3.05, 3.63) is 0 Å². The summed E-state index contributed by atoms with van der Waals surface area (Å²) in [5.41, 5.74) is 0. The Morgan fingerprint density at radius 3 is 2.85 bits per heavy atom. The molecule has 20 heavy (non-hydrogen) atoms. The lowest BCUT2D eigenvalue weighted by atomic mass is 10.1. The van der Waals surface area contributed by atoms with Gasteiger partial charge in [-0.15, -0.1) is 0 Å². The second-order valence-corrected chi connectivity index (χ2v) is 5.56. The average molecular weight is 288 g/mol. The Morgan fingerprint density at radius 1 is 1.35 bits per heavy atom. The molecule has 0 aromatic rings. The van der Waals surface area contributed by atoms with E-state index in [2.05, 4.69) is 17.1 Å². The zero-order valence-corrected chi connectivity index (χ0v) is 12.4. The van der Waals surface area contributed by atoms with Crippen LogP contribution in [0.4, 0.5) is 0 Å². The van der Waals surface area contributed by atoms with Gasteiger partial charge in [0.2, 0.25) is 0 Å². The number of ether oxygens (including phenoxy) is 3. The largest absolute Gasteiger partial charge is 0.390 e. The summed E-state index contributed by atoms with van der Waals surface area (Å²) in [6, 6.07) is 0. The molecule has 0 aromatic heterocycles. The summed E-state index contributed by atoms with van der Waals surface area (Å²) in [5.74, 6) is 0. The first-order valence-electron chi connectivity index (χ1n) is 7.68. The van der Waals surface area contributed by atoms with E-state index in [9.17, 15) is 5.11 Å². The van der Waals surface area contributed by atoms with Crippen LogP contribution < -0.4 is 5.32 Å². The maximum atomic E-state index is 10.0. The van der Waals surface area contributed by atoms with Crippen LogP contribution in [-0.2, 0) is 14.2 Å². The van der Waals surface area contributed by atoms with Crippen molar-refractivity contribution in [1.29, 1.82) is 0 Å². The number of morpholine rings is 2. The first kappa shape index (κ1) is 16.1. The van der Waals surface area contributed by atoms with E-state index in [1.54, 1.807) is 0 Å². The predicted octanol–water partition coefficient (Wildman–Crippen LogP) is -0.537. The lowest BCUT2D eigenvalue weighted by molar-refractivity contribution is -0.0692. The molecule has 2 fully saturated rings. The number of hydrogen-bond donors (Lipinski definition) is 2. The van der Waals surface area contributed by atoms with E-state index in [-0.39, 0.29) is 12.2 Å². The molecule has 3 unspecified atom stereocenters. The van der Waals surface area contributed by atoms with Gasteiger partial charge >= 0.3 is 0 Å². The average Bonchev–Trinajstić information content (AvgIpc) is 2.49. The third-order valence-electron chi connectivity index (χ3n) is 3.82. The van der Waals surface area contributed by atoms with Gasteiger partial charge in [-0.05, 0) is 13.3 Å². The standard InChI is InChI=1S/C14H28N2O4/c1-12(11-16-4-8-18-9-5-16)19-6-2-13(17)14-10-15-3-7-20-14/h12-15,17H,2-11H2,1H3. The van der Waals surface area contributed by atoms with Crippen molar-refractivity contribution in [3.63, 3.8) is 0 Å². The molecule has 0 radical (unpaired) electrons. The highest BCUT2D eigenvalue weighted by atomic mass is 16.5. The second kappa shape index (κ2) is 8.92. The highest BCUT2D eigenvalue weighted by Crippen LogP contribution is 2.08. The molecule has 6 heteroatoms. The Hall–Kier alpha value is -0.240. The van der Waals surface area contributed by atoms with E-state index in [4.69, 9.17) is 14.2 Å². The van der Waals surface area contributed by atoms with Gasteiger partial charge in [-0.1, -0.05) is 0 Å². The van der Waals surface area contributed by atoms with Crippen LogP contribution in [0.15, 0.2) is 0 Å². The van der Waals surface area contributed by atoms with Gasteiger partial charge in [-0.2, -0.15) is 0 Å². The van der Waals surface area contributed by atoms with Gasteiger partial charge in [-0.3, -0.25) is 4.90 Å². The van der Waals surface area contributed by atoms with E-state index >= 15 is 0 Å². The van der Waals surface area contributed by atoms with Crippen molar-refractivity contribution in [2.24, 2.45) is 0 Å². The fourth-order valence-corrected chi connectivity index (χ4v) is 2.61. The molecule has 0 bridgehead atoms. The molecule has 6 nitrogen and oxygen atoms in total. The van der Waals surface area contributed by atoms with Crippen molar-refractivity contribution < 1.29 is 19.3 Å². The van der Waals surface area contributed by atoms with Crippen LogP contribution in [0.3, 0.4) is 0 Å². The van der Waals surface area contributed by atoms with E-state index in [1.165, 1.54) is 0 Å². The van der Waals surface area contributed by atoms with E-state index in [0.717, 1.165) is 45.9 Å². The molecule has 2 aliphatic heterocycles. The molecule has 2 aliphatic rings. The molecule has 0 saturated carbocycles. The molecule has 118 valence electrons. The van der Waals surface area contributed by atoms with Crippen LogP contribution in [0, 0.1) is 0 Å². The molecule has 0 spiro atoms. The Kier molecular flexibility index (Phi) is 7.19. The number of nitrogens with zero attached hydrogens (tertiary/aromatic N) is 1. The normalized spacial score (nSPS) is 28.2. The second-order valence-electron chi connectivity index (χ2n) is 5.56. The van der Waals surface area contributed by atoms with E-state index in [1.807, 2.05) is 0 Å². The summed E-state index contributed by atoms with van der Waals surface area (Å²) in [7, 11) is 0. The lowest BCUT2D eigenvalue weighted by Gasteiger charge is -2.30. The first-order chi connectivity index (χ1) is 9.75. The van der Waals surface area contributed by atoms with Gasteiger partial charge in [0.15, 0.2) is 0 Å². The Balaban J connectivity index is 1.54. The minimum atomic E-state index is -0.446. The molecule has 0 aliphatic carbocycles. The van der Waals surface area contributed by atoms with Crippen LogP contribution in [-0.4, -0.2) is 87.5 Å². The number of aliphatic hydroxyl groups is 1. The van der Waals surface area contributed by atoms with E-state index in [0.29, 0.717) is 19.6 Å². The summed E-state index contributed by atoms with van der Waals surface area (Å²) in [6.07, 6.45) is 0.269. The fourth-order valence-electron chi connectivity index (χ4n) is 2.61. The van der Waals surface area contributed by atoms with Gasteiger partial charge in [0, 0.05) is 39.3 Å². The van der Waals surface area contributed by atoms with Crippen molar-refractivity contribution in [1.82, 2.24) is 10.2 Å². The lowest BCUT2D eigenvalue weighted by Crippen LogP contribution is -2.45. The molecule has 0 amide bonds. The highest BCUT2D eigenvalue weighted by Gasteiger charge is 2.22. The molecule has 2 N–H and O–H groups in total. The minimum Gasteiger partial charge on any atom is -0.390 e. The zero-order chi connectivity index (χ0) is 14.2. The summed E-state index contributed by atoms with van der Waals surface area (Å²) < 4.78 is 16.6. The molecular formula is C14H28N2O4. The molecule has 2 rings (SSSR count). The quantitative estimate of drug-likeness (QED) is 0.656.